The van der Waals surface area contributed by atoms with Crippen LogP contribution < -0.4 is 5.32 Å². The number of esters is 2. The molecule has 0 fully saturated rings. The number of carbonyl (C=O) groups excluding carboxylic acids is 3. The summed E-state index contributed by atoms with van der Waals surface area (Å²) in [7, 11) is 0. The van der Waals surface area contributed by atoms with Gasteiger partial charge in [0.2, 0.25) is 11.9 Å². The van der Waals surface area contributed by atoms with E-state index in [1.165, 1.54) is 6.92 Å². The van der Waals surface area contributed by atoms with Crippen molar-refractivity contribution in [2.75, 3.05) is 6.61 Å². The predicted molar refractivity (Wildman–Crippen MR) is 48.8 cm³/mol. The molecular formula is C9H13NO5. The first kappa shape index (κ1) is 13.2. The van der Waals surface area contributed by atoms with Crippen molar-refractivity contribution in [3.63, 3.8) is 0 Å². The Morgan fingerprint density at radius 2 is 2.00 bits per heavy atom. The smallest absolute Gasteiger partial charge is 0.285 e. The zero-order valence-corrected chi connectivity index (χ0v) is 8.61. The monoisotopic (exact) mass is 215 g/mol. The van der Waals surface area contributed by atoms with Crippen LogP contribution in [0.15, 0.2) is 12.8 Å². The minimum absolute atomic E-state index is 0.107. The maximum atomic E-state index is 11.2. The topological polar surface area (TPSA) is 86.3 Å². The summed E-state index contributed by atoms with van der Waals surface area (Å²) in [6, 6.07) is -0.441. The summed E-state index contributed by atoms with van der Waals surface area (Å²) in [6.45, 7) is 6.06. The Labute approximate surface area is 87.2 Å². The lowest BCUT2D eigenvalue weighted by atomic mass is 10.3. The van der Waals surface area contributed by atoms with Crippen LogP contribution in [-0.4, -0.2) is 24.5 Å². The van der Waals surface area contributed by atoms with Gasteiger partial charge in [-0.25, -0.2) is 4.79 Å². The highest BCUT2D eigenvalue weighted by atomic mass is 16.6. The van der Waals surface area contributed by atoms with Gasteiger partial charge in [-0.15, -0.1) is 0 Å². The highest BCUT2D eigenvalue weighted by Gasteiger charge is 2.19. The molecule has 0 aliphatic heterocycles. The second-order valence-corrected chi connectivity index (χ2v) is 2.46. The Bertz CT molecular complexity index is 274. The van der Waals surface area contributed by atoms with Gasteiger partial charge in [0, 0.05) is 13.0 Å². The standard InChI is InChI=1S/C9H13NO5/c1-4-14-8(12)7(10-6(3)11)9(13)15-5-2/h4H,1,5,10H2,2-3H3. The molecule has 0 atom stereocenters. The van der Waals surface area contributed by atoms with Crippen molar-refractivity contribution >= 4 is 17.8 Å². The molecule has 15 heavy (non-hydrogen) atoms. The molecule has 0 unspecified atom stereocenters. The molecule has 0 saturated heterocycles. The van der Waals surface area contributed by atoms with Crippen LogP contribution in [0.25, 0.3) is 0 Å². The van der Waals surface area contributed by atoms with Crippen LogP contribution in [0.4, 0.5) is 0 Å². The number of primary amides is 1. The highest BCUT2D eigenvalue weighted by molar-refractivity contribution is 6.07. The van der Waals surface area contributed by atoms with Crippen molar-refractivity contribution in [3.05, 3.63) is 18.9 Å². The molecule has 0 aromatic heterocycles. The fourth-order valence-electron chi connectivity index (χ4n) is 0.752. The second-order valence-electron chi connectivity index (χ2n) is 2.46. The van der Waals surface area contributed by atoms with Crippen LogP contribution in [0, 0.1) is 6.04 Å². The molecule has 0 bridgehead atoms. The van der Waals surface area contributed by atoms with Crippen LogP contribution in [-0.2, 0) is 23.9 Å². The Balaban J connectivity index is 4.55. The van der Waals surface area contributed by atoms with E-state index >= 15 is 0 Å². The van der Waals surface area contributed by atoms with Crippen LogP contribution in [0.1, 0.15) is 13.8 Å². The van der Waals surface area contributed by atoms with E-state index in [1.807, 2.05) is 0 Å². The summed E-state index contributed by atoms with van der Waals surface area (Å²) in [4.78, 5) is 33.2. The van der Waals surface area contributed by atoms with Gasteiger partial charge in [-0.05, 0) is 6.92 Å². The summed E-state index contributed by atoms with van der Waals surface area (Å²) >= 11 is 0. The number of hydrogen-bond donors (Lipinski definition) is 1. The number of rotatable bonds is 5. The molecule has 0 aromatic rings. The molecule has 2 N–H and O–H groups in total. The lowest BCUT2D eigenvalue weighted by molar-refractivity contribution is -0.539. The quantitative estimate of drug-likeness (QED) is 0.271. The molecule has 0 radical (unpaired) electrons. The first-order valence-corrected chi connectivity index (χ1v) is 4.24. The normalized spacial score (nSPS) is 8.93. The first-order valence-electron chi connectivity index (χ1n) is 4.24. The number of carbonyl (C=O) groups is 3. The number of nitrogens with two attached hydrogens (primary N) is 1. The van der Waals surface area contributed by atoms with Gasteiger partial charge in [-0.3, -0.25) is 9.59 Å². The van der Waals surface area contributed by atoms with Crippen molar-refractivity contribution < 1.29 is 29.2 Å². The largest absolute Gasteiger partial charge is 0.484 e. The van der Waals surface area contributed by atoms with E-state index in [2.05, 4.69) is 16.1 Å². The zero-order chi connectivity index (χ0) is 11.8. The van der Waals surface area contributed by atoms with E-state index in [9.17, 15) is 14.4 Å². The Morgan fingerprint density at radius 1 is 1.40 bits per heavy atom. The molecule has 0 heterocycles. The van der Waals surface area contributed by atoms with Gasteiger partial charge < -0.3 is 14.8 Å². The number of hydrogen-bond acceptors (Lipinski definition) is 5. The van der Waals surface area contributed by atoms with E-state index in [4.69, 9.17) is 0 Å². The third kappa shape index (κ3) is 4.82. The molecule has 6 nitrogen and oxygen atoms in total. The summed E-state index contributed by atoms with van der Waals surface area (Å²) in [5.41, 5.74) is 0. The fourth-order valence-corrected chi connectivity index (χ4v) is 0.752. The molecule has 0 rings (SSSR count). The average Bonchev–Trinajstić information content (AvgIpc) is 2.14. The lowest BCUT2D eigenvalue weighted by Crippen LogP contribution is -2.91. The molecule has 0 saturated carbocycles. The van der Waals surface area contributed by atoms with Crippen molar-refractivity contribution in [3.8, 4) is 0 Å². The SMILES string of the molecule is C=COC(=O)[C-]([NH2+]C(C)=O)C(=O)OCC. The van der Waals surface area contributed by atoms with Crippen LogP contribution in [0.3, 0.4) is 0 Å². The zero-order valence-electron chi connectivity index (χ0n) is 8.61. The second kappa shape index (κ2) is 6.61. The first-order chi connectivity index (χ1) is 7.02. The molecule has 0 aromatic carbocycles. The molecule has 84 valence electrons. The fraction of sp³-hybridized carbons (Fsp3) is 0.333. The molecule has 0 spiro atoms. The van der Waals surface area contributed by atoms with E-state index in [-0.39, 0.29) is 6.61 Å². The van der Waals surface area contributed by atoms with Gasteiger partial charge in [0.25, 0.3) is 5.91 Å². The minimum Gasteiger partial charge on any atom is -0.484 e. The van der Waals surface area contributed by atoms with Gasteiger partial charge >= 0.3 is 0 Å². The van der Waals surface area contributed by atoms with Crippen molar-refractivity contribution in [2.24, 2.45) is 0 Å². The van der Waals surface area contributed by atoms with E-state index in [1.54, 1.807) is 6.92 Å². The summed E-state index contributed by atoms with van der Waals surface area (Å²) < 4.78 is 8.95. The molecule has 1 amide bonds. The van der Waals surface area contributed by atoms with Gasteiger partial charge in [-0.1, -0.05) is 6.58 Å². The van der Waals surface area contributed by atoms with Crippen molar-refractivity contribution in [2.45, 2.75) is 13.8 Å². The van der Waals surface area contributed by atoms with Crippen LogP contribution >= 0.6 is 0 Å². The average molecular weight is 215 g/mol. The van der Waals surface area contributed by atoms with E-state index < -0.39 is 23.9 Å². The molecule has 0 aliphatic carbocycles. The Kier molecular flexibility index (Phi) is 5.81. The summed E-state index contributed by atoms with van der Waals surface area (Å²) in [5.74, 6) is -2.29. The van der Waals surface area contributed by atoms with E-state index in [0.29, 0.717) is 0 Å². The predicted octanol–water partition coefficient (Wildman–Crippen LogP) is -1.12. The Morgan fingerprint density at radius 3 is 2.40 bits per heavy atom. The van der Waals surface area contributed by atoms with Crippen LogP contribution in [0.2, 0.25) is 0 Å². The molecule has 6 heteroatoms. The van der Waals surface area contributed by atoms with Crippen molar-refractivity contribution in [1.82, 2.24) is 0 Å². The van der Waals surface area contributed by atoms with E-state index in [0.717, 1.165) is 11.6 Å². The van der Waals surface area contributed by atoms with Crippen LogP contribution in [0.5, 0.6) is 0 Å². The Hall–Kier alpha value is -1.82. The minimum atomic E-state index is -0.960. The number of ether oxygens (including phenoxy) is 2. The maximum absolute atomic E-state index is 11.2. The van der Waals surface area contributed by atoms with Gasteiger partial charge in [0.15, 0.2) is 0 Å². The van der Waals surface area contributed by atoms with Gasteiger partial charge in [0.05, 0.1) is 12.9 Å². The molecular weight excluding hydrogens is 202 g/mol. The summed E-state index contributed by atoms with van der Waals surface area (Å²) in [5, 5.41) is 0.865. The number of quaternary nitrogens is 1. The van der Waals surface area contributed by atoms with Gasteiger partial charge in [0.1, 0.15) is 0 Å². The summed E-state index contributed by atoms with van der Waals surface area (Å²) in [6.07, 6.45) is 0.871. The van der Waals surface area contributed by atoms with Crippen molar-refractivity contribution in [1.29, 1.82) is 0 Å². The maximum Gasteiger partial charge on any atom is 0.285 e. The molecule has 0 aliphatic rings. The lowest BCUT2D eigenvalue weighted by Gasteiger charge is -2.21. The third-order valence-corrected chi connectivity index (χ3v) is 1.25. The third-order valence-electron chi connectivity index (χ3n) is 1.25. The highest BCUT2D eigenvalue weighted by Crippen LogP contribution is 1.96. The van der Waals surface area contributed by atoms with Gasteiger partial charge in [-0.2, -0.15) is 0 Å². The number of amides is 1.